The highest BCUT2D eigenvalue weighted by Gasteiger charge is 2.36. The molecule has 0 saturated carbocycles. The lowest BCUT2D eigenvalue weighted by Crippen LogP contribution is -2.29. The van der Waals surface area contributed by atoms with Crippen molar-refractivity contribution < 1.29 is 18.8 Å². The molecule has 0 atom stereocenters. The van der Waals surface area contributed by atoms with E-state index in [4.69, 9.17) is 16.0 Å². The largest absolute Gasteiger partial charge is 0.422 e. The van der Waals surface area contributed by atoms with E-state index in [2.05, 4.69) is 10.3 Å². The number of nitrogens with zero attached hydrogens (tertiary/aromatic N) is 4. The predicted octanol–water partition coefficient (Wildman–Crippen LogP) is 2.96. The molecule has 1 amide bonds. The molecule has 2 aromatic heterocycles. The van der Waals surface area contributed by atoms with Crippen molar-refractivity contribution in [2.45, 2.75) is 20.0 Å². The Kier molecular flexibility index (Phi) is 4.90. The number of carbonyl (C=O) groups excluding carboxylic acids is 3. The Morgan fingerprint density at radius 3 is 2.73 bits per heavy atom. The molecule has 3 heterocycles. The Bertz CT molecular complexity index is 1540. The first-order chi connectivity index (χ1) is 15.8. The number of aryl methyl sites for hydroxylation is 1. The average Bonchev–Trinajstić information content (AvgIpc) is 3.31. The van der Waals surface area contributed by atoms with E-state index in [0.29, 0.717) is 32.9 Å². The van der Waals surface area contributed by atoms with Crippen LogP contribution in [0.5, 0.6) is 0 Å². The van der Waals surface area contributed by atoms with Crippen LogP contribution in [0.15, 0.2) is 57.9 Å². The van der Waals surface area contributed by atoms with Crippen molar-refractivity contribution in [3.63, 3.8) is 0 Å². The highest BCUT2D eigenvalue weighted by Crippen LogP contribution is 2.30. The van der Waals surface area contributed by atoms with Gasteiger partial charge >= 0.3 is 5.63 Å². The zero-order chi connectivity index (χ0) is 23.3. The molecule has 1 aliphatic rings. The van der Waals surface area contributed by atoms with Crippen molar-refractivity contribution in [3.8, 4) is 0 Å². The maximum absolute atomic E-state index is 12.7. The molecule has 4 aromatic rings. The molecule has 0 unspecified atom stereocenters. The molecule has 0 radical (unpaired) electrons. The molecule has 164 valence electrons. The van der Waals surface area contributed by atoms with Gasteiger partial charge in [-0.15, -0.1) is 5.10 Å². The summed E-state index contributed by atoms with van der Waals surface area (Å²) in [5.41, 5.74) is 1.55. The van der Waals surface area contributed by atoms with Gasteiger partial charge < -0.3 is 4.42 Å². The van der Waals surface area contributed by atoms with Gasteiger partial charge in [0.2, 0.25) is 0 Å². The van der Waals surface area contributed by atoms with E-state index in [1.165, 1.54) is 21.8 Å². The van der Waals surface area contributed by atoms with Crippen molar-refractivity contribution in [2.75, 3.05) is 4.90 Å². The number of aromatic nitrogens is 3. The van der Waals surface area contributed by atoms with Crippen LogP contribution in [0.2, 0.25) is 5.02 Å². The monoisotopic (exact) mass is 462 g/mol. The molecular weight excluding hydrogens is 448 g/mol. The summed E-state index contributed by atoms with van der Waals surface area (Å²) >= 11 is 5.98. The van der Waals surface area contributed by atoms with Crippen LogP contribution in [-0.2, 0) is 17.9 Å². The van der Waals surface area contributed by atoms with Crippen LogP contribution in [0.25, 0.3) is 11.0 Å². The summed E-state index contributed by atoms with van der Waals surface area (Å²) in [5, 5.41) is 8.88. The van der Waals surface area contributed by atoms with Gasteiger partial charge in [-0.2, -0.15) is 0 Å². The Morgan fingerprint density at radius 2 is 1.91 bits per heavy atom. The van der Waals surface area contributed by atoms with Crippen LogP contribution < -0.4 is 10.5 Å². The first-order valence-electron chi connectivity index (χ1n) is 9.92. The molecule has 1 aliphatic heterocycles. The third kappa shape index (κ3) is 3.72. The van der Waals surface area contributed by atoms with Gasteiger partial charge in [0.05, 0.1) is 24.0 Å². The first kappa shape index (κ1) is 20.8. The number of benzene rings is 2. The first-order valence-corrected chi connectivity index (χ1v) is 10.3. The number of hydrogen-bond acceptors (Lipinski definition) is 7. The lowest BCUT2D eigenvalue weighted by molar-refractivity contribution is -0.114. The van der Waals surface area contributed by atoms with E-state index in [9.17, 15) is 19.2 Å². The summed E-state index contributed by atoms with van der Waals surface area (Å²) in [6.45, 7) is 1.60. The van der Waals surface area contributed by atoms with Gasteiger partial charge in [0, 0.05) is 10.4 Å². The molecule has 9 nitrogen and oxygen atoms in total. The lowest BCUT2D eigenvalue weighted by Gasteiger charge is -2.14. The minimum atomic E-state index is -0.761. The molecule has 0 bridgehead atoms. The number of fused-ring (bicyclic) bond motifs is 2. The number of hydrogen-bond donors (Lipinski definition) is 0. The molecule has 0 saturated heterocycles. The third-order valence-electron chi connectivity index (χ3n) is 5.33. The highest BCUT2D eigenvalue weighted by molar-refractivity contribution is 6.52. The Labute approximate surface area is 191 Å². The number of rotatable bonds is 5. The fourth-order valence-corrected chi connectivity index (χ4v) is 3.92. The smallest absolute Gasteiger partial charge is 0.347 e. The standard InChI is InChI=1S/C23H15ClN4O5/c1-12-2-4-18-16(6-12)21(30)22(31)28(18)10-15-9-27(26-25-15)11-19(29)17-8-13-7-14(24)3-5-20(13)33-23(17)32/h2-9H,10-11H2,1H3. The minimum Gasteiger partial charge on any atom is -0.422 e. The Morgan fingerprint density at radius 1 is 1.09 bits per heavy atom. The maximum atomic E-state index is 12.7. The predicted molar refractivity (Wildman–Crippen MR) is 119 cm³/mol. The second kappa shape index (κ2) is 7.79. The summed E-state index contributed by atoms with van der Waals surface area (Å²) in [4.78, 5) is 51.0. The molecule has 0 aliphatic carbocycles. The van der Waals surface area contributed by atoms with Crippen LogP contribution in [0, 0.1) is 6.92 Å². The van der Waals surface area contributed by atoms with Gasteiger partial charge in [-0.05, 0) is 43.3 Å². The number of ketones is 2. The Balaban J connectivity index is 1.36. The van der Waals surface area contributed by atoms with Gasteiger partial charge in [0.25, 0.3) is 11.7 Å². The Hall–Kier alpha value is -4.11. The zero-order valence-corrected chi connectivity index (χ0v) is 18.0. The summed E-state index contributed by atoms with van der Waals surface area (Å²) in [6.07, 6.45) is 1.49. The van der Waals surface area contributed by atoms with Gasteiger partial charge in [-0.3, -0.25) is 19.3 Å². The van der Waals surface area contributed by atoms with Gasteiger partial charge in [0.1, 0.15) is 23.4 Å². The van der Waals surface area contributed by atoms with E-state index in [0.717, 1.165) is 5.56 Å². The second-order valence-corrected chi connectivity index (χ2v) is 8.14. The van der Waals surface area contributed by atoms with E-state index >= 15 is 0 Å². The van der Waals surface area contributed by atoms with Crippen molar-refractivity contribution in [2.24, 2.45) is 0 Å². The summed E-state index contributed by atoms with van der Waals surface area (Å²) in [5.74, 6) is -1.73. The van der Waals surface area contributed by atoms with Crippen LogP contribution >= 0.6 is 11.6 Å². The van der Waals surface area contributed by atoms with Crippen molar-refractivity contribution in [3.05, 3.63) is 86.5 Å². The molecule has 2 aromatic carbocycles. The molecule has 0 spiro atoms. The van der Waals surface area contributed by atoms with E-state index in [-0.39, 0.29) is 18.7 Å². The van der Waals surface area contributed by atoms with E-state index < -0.39 is 23.1 Å². The third-order valence-corrected chi connectivity index (χ3v) is 5.57. The number of carbonyl (C=O) groups is 3. The summed E-state index contributed by atoms with van der Waals surface area (Å²) < 4.78 is 6.47. The lowest BCUT2D eigenvalue weighted by atomic mass is 10.1. The van der Waals surface area contributed by atoms with Crippen LogP contribution in [0.4, 0.5) is 5.69 Å². The number of Topliss-reactive ketones (excluding diaryl/α,β-unsaturated/α-hetero) is 2. The fourth-order valence-electron chi connectivity index (χ4n) is 3.74. The SMILES string of the molecule is Cc1ccc2c(c1)C(=O)C(=O)N2Cc1cn(CC(=O)c2cc3cc(Cl)ccc3oc2=O)nn1. The minimum absolute atomic E-state index is 0.0193. The number of halogens is 1. The second-order valence-electron chi connectivity index (χ2n) is 7.70. The van der Waals surface area contributed by atoms with Crippen LogP contribution in [0.3, 0.4) is 0 Å². The normalized spacial score (nSPS) is 13.1. The van der Waals surface area contributed by atoms with E-state index in [1.54, 1.807) is 30.3 Å². The van der Waals surface area contributed by atoms with Gasteiger partial charge in [0.15, 0.2) is 5.78 Å². The fraction of sp³-hybridized carbons (Fsp3) is 0.130. The van der Waals surface area contributed by atoms with Gasteiger partial charge in [-0.1, -0.05) is 28.4 Å². The maximum Gasteiger partial charge on any atom is 0.347 e. The molecule has 10 heteroatoms. The zero-order valence-electron chi connectivity index (χ0n) is 17.2. The molecule has 0 N–H and O–H groups in total. The van der Waals surface area contributed by atoms with Crippen LogP contribution in [-0.4, -0.2) is 32.5 Å². The topological polar surface area (TPSA) is 115 Å². The van der Waals surface area contributed by atoms with Crippen molar-refractivity contribution in [1.29, 1.82) is 0 Å². The molecule has 5 rings (SSSR count). The molecular formula is C23H15ClN4O5. The summed E-state index contributed by atoms with van der Waals surface area (Å²) in [7, 11) is 0. The van der Waals surface area contributed by atoms with Crippen molar-refractivity contribution >= 4 is 45.7 Å². The number of amides is 1. The highest BCUT2D eigenvalue weighted by atomic mass is 35.5. The molecule has 0 fully saturated rings. The average molecular weight is 463 g/mol. The van der Waals surface area contributed by atoms with Gasteiger partial charge in [-0.25, -0.2) is 9.48 Å². The van der Waals surface area contributed by atoms with E-state index in [1.807, 2.05) is 13.0 Å². The molecule has 33 heavy (non-hydrogen) atoms. The quantitative estimate of drug-likeness (QED) is 0.254. The summed E-state index contributed by atoms with van der Waals surface area (Å²) in [6, 6.07) is 11.4. The van der Waals surface area contributed by atoms with Crippen LogP contribution in [0.1, 0.15) is 32.0 Å². The number of anilines is 1. The van der Waals surface area contributed by atoms with Crippen molar-refractivity contribution in [1.82, 2.24) is 15.0 Å².